The molecule has 194 valence electrons. The molecule has 0 amide bonds. The van der Waals surface area contributed by atoms with Crippen molar-refractivity contribution in [2.75, 3.05) is 5.32 Å². The number of anilines is 1. The Labute approximate surface area is 222 Å². The molecule has 1 aliphatic carbocycles. The standard InChI is InChI=1S/C28H23F3N4O2S/c1-16-4-3-5-17(2)24(16)33-27(38)34-32-15-18-6-12-22-20(14-18)9-13-23-25(35-37-26(22)23)19-7-10-21(11-8-19)36-28(29,30)31/h3-8,10-12,14-15H,9,13H2,1-2H3,(H2,33,34,38)/b32-15+. The van der Waals surface area contributed by atoms with E-state index >= 15 is 0 Å². The lowest BCUT2D eigenvalue weighted by Gasteiger charge is -2.16. The van der Waals surface area contributed by atoms with Crippen molar-refractivity contribution in [3.8, 4) is 28.3 Å². The van der Waals surface area contributed by atoms with E-state index in [1.807, 2.05) is 50.2 Å². The Balaban J connectivity index is 1.28. The van der Waals surface area contributed by atoms with E-state index in [1.165, 1.54) is 12.1 Å². The number of aryl methyl sites for hydroxylation is 3. The average molecular weight is 537 g/mol. The largest absolute Gasteiger partial charge is 0.573 e. The molecule has 0 fully saturated rings. The van der Waals surface area contributed by atoms with Crippen LogP contribution in [0.5, 0.6) is 5.75 Å². The summed E-state index contributed by atoms with van der Waals surface area (Å²) in [5.74, 6) is 0.381. The highest BCUT2D eigenvalue weighted by Gasteiger charge is 2.31. The van der Waals surface area contributed by atoms with Gasteiger partial charge in [-0.25, -0.2) is 0 Å². The van der Waals surface area contributed by atoms with E-state index in [-0.39, 0.29) is 5.75 Å². The molecule has 10 heteroatoms. The molecular weight excluding hydrogens is 513 g/mol. The van der Waals surface area contributed by atoms with Crippen LogP contribution in [0.25, 0.3) is 22.6 Å². The predicted octanol–water partition coefficient (Wildman–Crippen LogP) is 6.94. The number of rotatable bonds is 5. The number of thiocarbonyl (C=S) groups is 1. The Morgan fingerprint density at radius 1 is 1.05 bits per heavy atom. The maximum Gasteiger partial charge on any atom is 0.573 e. The lowest BCUT2D eigenvalue weighted by molar-refractivity contribution is -0.274. The highest BCUT2D eigenvalue weighted by Crippen LogP contribution is 2.39. The fourth-order valence-electron chi connectivity index (χ4n) is 4.49. The third-order valence-corrected chi connectivity index (χ3v) is 6.46. The number of nitrogens with one attached hydrogen (secondary N) is 2. The summed E-state index contributed by atoms with van der Waals surface area (Å²) in [6, 6.07) is 17.6. The molecule has 38 heavy (non-hydrogen) atoms. The number of fused-ring (bicyclic) bond motifs is 3. The quantitative estimate of drug-likeness (QED) is 0.164. The number of nitrogens with zero attached hydrogens (tertiary/aromatic N) is 2. The van der Waals surface area contributed by atoms with Crippen molar-refractivity contribution in [3.05, 3.63) is 88.5 Å². The van der Waals surface area contributed by atoms with Crippen molar-refractivity contribution < 1.29 is 22.4 Å². The van der Waals surface area contributed by atoms with E-state index in [0.29, 0.717) is 28.6 Å². The zero-order chi connectivity index (χ0) is 26.9. The van der Waals surface area contributed by atoms with Gasteiger partial charge in [0.05, 0.1) is 6.21 Å². The zero-order valence-corrected chi connectivity index (χ0v) is 21.3. The Bertz CT molecular complexity index is 1510. The van der Waals surface area contributed by atoms with Gasteiger partial charge in [-0.3, -0.25) is 5.43 Å². The van der Waals surface area contributed by atoms with Crippen molar-refractivity contribution in [2.45, 2.75) is 33.1 Å². The molecule has 3 aromatic carbocycles. The normalized spacial score (nSPS) is 12.7. The van der Waals surface area contributed by atoms with Crippen LogP contribution in [0.4, 0.5) is 18.9 Å². The van der Waals surface area contributed by atoms with Gasteiger partial charge in [-0.1, -0.05) is 35.5 Å². The first-order valence-corrected chi connectivity index (χ1v) is 12.2. The Morgan fingerprint density at radius 2 is 1.79 bits per heavy atom. The predicted molar refractivity (Wildman–Crippen MR) is 144 cm³/mol. The van der Waals surface area contributed by atoms with Gasteiger partial charge in [-0.05, 0) is 91.5 Å². The van der Waals surface area contributed by atoms with Gasteiger partial charge in [0.15, 0.2) is 10.9 Å². The summed E-state index contributed by atoms with van der Waals surface area (Å²) in [5, 5.41) is 12.1. The highest BCUT2D eigenvalue weighted by molar-refractivity contribution is 7.80. The van der Waals surface area contributed by atoms with Crippen LogP contribution in [-0.4, -0.2) is 22.8 Å². The molecule has 0 radical (unpaired) electrons. The first kappa shape index (κ1) is 25.5. The number of alkyl halides is 3. The molecule has 2 N–H and O–H groups in total. The second-order valence-corrected chi connectivity index (χ2v) is 9.33. The van der Waals surface area contributed by atoms with Crippen molar-refractivity contribution in [1.82, 2.24) is 10.6 Å². The van der Waals surface area contributed by atoms with Crippen LogP contribution >= 0.6 is 12.2 Å². The number of hydrogen-bond acceptors (Lipinski definition) is 5. The SMILES string of the molecule is Cc1cccc(C)c1NC(=S)N/N=C/c1ccc2c(c1)CCc1c(-c3ccc(OC(F)(F)F)cc3)noc1-2. The highest BCUT2D eigenvalue weighted by atomic mass is 32.1. The van der Waals surface area contributed by atoms with Gasteiger partial charge in [0.1, 0.15) is 11.4 Å². The van der Waals surface area contributed by atoms with Gasteiger partial charge >= 0.3 is 6.36 Å². The number of hydrogen-bond donors (Lipinski definition) is 2. The van der Waals surface area contributed by atoms with Gasteiger partial charge in [-0.15, -0.1) is 13.2 Å². The molecule has 0 spiro atoms. The van der Waals surface area contributed by atoms with Crippen LogP contribution in [0, 0.1) is 13.8 Å². The van der Waals surface area contributed by atoms with Crippen molar-refractivity contribution in [1.29, 1.82) is 0 Å². The van der Waals surface area contributed by atoms with Crippen LogP contribution in [0.1, 0.15) is 27.8 Å². The van der Waals surface area contributed by atoms with Crippen molar-refractivity contribution in [2.24, 2.45) is 5.10 Å². The number of ether oxygens (including phenoxy) is 1. The van der Waals surface area contributed by atoms with E-state index in [1.54, 1.807) is 18.3 Å². The summed E-state index contributed by atoms with van der Waals surface area (Å²) < 4.78 is 47.0. The molecule has 4 aromatic rings. The van der Waals surface area contributed by atoms with Crippen LogP contribution in [0.2, 0.25) is 0 Å². The molecule has 0 atom stereocenters. The van der Waals surface area contributed by atoms with Gasteiger partial charge in [0, 0.05) is 22.4 Å². The summed E-state index contributed by atoms with van der Waals surface area (Å²) in [5.41, 5.74) is 11.1. The fraction of sp³-hybridized carbons (Fsp3) is 0.179. The van der Waals surface area contributed by atoms with E-state index < -0.39 is 6.36 Å². The minimum absolute atomic E-state index is 0.283. The van der Waals surface area contributed by atoms with Crippen molar-refractivity contribution in [3.63, 3.8) is 0 Å². The molecule has 5 rings (SSSR count). The second-order valence-electron chi connectivity index (χ2n) is 8.92. The first-order valence-electron chi connectivity index (χ1n) is 11.8. The van der Waals surface area contributed by atoms with E-state index in [0.717, 1.165) is 45.5 Å². The Kier molecular flexibility index (Phi) is 6.90. The van der Waals surface area contributed by atoms with Gasteiger partial charge in [-0.2, -0.15) is 5.10 Å². The van der Waals surface area contributed by atoms with E-state index in [2.05, 4.69) is 25.7 Å². The topological polar surface area (TPSA) is 71.7 Å². The molecule has 1 heterocycles. The summed E-state index contributed by atoms with van der Waals surface area (Å²) in [6.07, 6.45) is -1.59. The second kappa shape index (κ2) is 10.3. The first-order chi connectivity index (χ1) is 18.2. The average Bonchev–Trinajstić information content (AvgIpc) is 3.30. The van der Waals surface area contributed by atoms with Crippen LogP contribution < -0.4 is 15.5 Å². The number of halogens is 3. The third kappa shape index (κ3) is 5.55. The summed E-state index contributed by atoms with van der Waals surface area (Å²) in [7, 11) is 0. The third-order valence-electron chi connectivity index (χ3n) is 6.27. The minimum atomic E-state index is -4.74. The Morgan fingerprint density at radius 3 is 2.50 bits per heavy atom. The lowest BCUT2D eigenvalue weighted by atomic mass is 9.87. The maximum absolute atomic E-state index is 12.5. The smallest absolute Gasteiger partial charge is 0.406 e. The molecule has 0 unspecified atom stereocenters. The molecule has 0 saturated carbocycles. The zero-order valence-electron chi connectivity index (χ0n) is 20.5. The summed E-state index contributed by atoms with van der Waals surface area (Å²) in [6.45, 7) is 4.03. The summed E-state index contributed by atoms with van der Waals surface area (Å²) in [4.78, 5) is 0. The van der Waals surface area contributed by atoms with Crippen molar-refractivity contribution >= 4 is 29.2 Å². The van der Waals surface area contributed by atoms with Gasteiger partial charge in [0.25, 0.3) is 0 Å². The summed E-state index contributed by atoms with van der Waals surface area (Å²) >= 11 is 5.37. The van der Waals surface area contributed by atoms with E-state index in [9.17, 15) is 13.2 Å². The molecule has 1 aromatic heterocycles. The van der Waals surface area contributed by atoms with Crippen LogP contribution in [-0.2, 0) is 12.8 Å². The number of hydrazone groups is 1. The van der Waals surface area contributed by atoms with Gasteiger partial charge < -0.3 is 14.6 Å². The molecule has 0 saturated heterocycles. The molecule has 0 bridgehead atoms. The Hall–Kier alpha value is -4.18. The molecule has 6 nitrogen and oxygen atoms in total. The lowest BCUT2D eigenvalue weighted by Crippen LogP contribution is -2.24. The maximum atomic E-state index is 12.5. The number of benzene rings is 3. The molecule has 0 aliphatic heterocycles. The van der Waals surface area contributed by atoms with E-state index in [4.69, 9.17) is 16.7 Å². The molecular formula is C28H23F3N4O2S. The van der Waals surface area contributed by atoms with Crippen LogP contribution in [0.15, 0.2) is 70.3 Å². The van der Waals surface area contributed by atoms with Gasteiger partial charge in [0.2, 0.25) is 0 Å². The fourth-order valence-corrected chi connectivity index (χ4v) is 4.65. The number of aromatic nitrogens is 1. The minimum Gasteiger partial charge on any atom is -0.406 e. The number of para-hydroxylation sites is 1. The van der Waals surface area contributed by atoms with Crippen LogP contribution in [0.3, 0.4) is 0 Å². The monoisotopic (exact) mass is 536 g/mol. The molecule has 1 aliphatic rings.